The van der Waals surface area contributed by atoms with Crippen LogP contribution < -0.4 is 9.64 Å². The molecule has 7 heteroatoms. The van der Waals surface area contributed by atoms with Crippen molar-refractivity contribution in [3.8, 4) is 5.75 Å². The first-order chi connectivity index (χ1) is 21.2. The fourth-order valence-corrected chi connectivity index (χ4v) is 6.81. The molecule has 0 unspecified atom stereocenters. The number of piperazine rings is 1. The smallest absolute Gasteiger partial charge is 0.256 e. The van der Waals surface area contributed by atoms with Gasteiger partial charge in [-0.05, 0) is 91.9 Å². The second kappa shape index (κ2) is 14.3. The van der Waals surface area contributed by atoms with E-state index in [1.165, 1.54) is 51.5 Å². The van der Waals surface area contributed by atoms with E-state index in [1.54, 1.807) is 0 Å². The summed E-state index contributed by atoms with van der Waals surface area (Å²) in [5, 5.41) is 2.16. The van der Waals surface area contributed by atoms with E-state index in [2.05, 4.69) is 52.0 Å². The molecular weight excluding hydrogens is 534 g/mol. The van der Waals surface area contributed by atoms with Crippen LogP contribution in [0.1, 0.15) is 80.1 Å². The molecule has 3 aromatic rings. The van der Waals surface area contributed by atoms with Gasteiger partial charge in [0.1, 0.15) is 11.6 Å². The Hall–Kier alpha value is -3.45. The maximum absolute atomic E-state index is 13.2. The van der Waals surface area contributed by atoms with E-state index in [9.17, 15) is 4.79 Å². The van der Waals surface area contributed by atoms with Gasteiger partial charge in [-0.1, -0.05) is 44.6 Å². The number of ether oxygens (including phenoxy) is 1. The summed E-state index contributed by atoms with van der Waals surface area (Å²) in [5.41, 5.74) is 2.61. The van der Waals surface area contributed by atoms with Crippen molar-refractivity contribution in [2.45, 2.75) is 77.2 Å². The number of benzene rings is 2. The molecule has 0 saturated carbocycles. The fourth-order valence-electron chi connectivity index (χ4n) is 6.81. The van der Waals surface area contributed by atoms with Crippen LogP contribution in [0.4, 0.5) is 11.5 Å². The summed E-state index contributed by atoms with van der Waals surface area (Å²) in [4.78, 5) is 29.3. The van der Waals surface area contributed by atoms with Gasteiger partial charge >= 0.3 is 0 Å². The third kappa shape index (κ3) is 7.38. The quantitative estimate of drug-likeness (QED) is 0.200. The Bertz CT molecular complexity index is 1400. The number of hydrogen-bond donors (Lipinski definition) is 0. The highest BCUT2D eigenvalue weighted by Crippen LogP contribution is 2.35. The molecule has 1 aromatic heterocycles. The molecule has 2 saturated heterocycles. The SMILES string of the molecule is Cc1cc2cc3c(cc2cc1OCCCCCCCCCCN1CCN(c2ccccn2)CC1)N=C[C@@H]1CCCN1C3=O. The molecule has 0 N–H and O–H groups in total. The molecule has 0 bridgehead atoms. The standard InChI is InChI=1S/C36H47N5O2/c1-28-23-29-24-32-33(38-27-31-13-12-17-41(31)36(32)42)25-30(29)26-34(28)43-22-11-7-5-3-2-4-6-10-16-39-18-20-40(21-19-39)35-14-8-9-15-37-35/h8-9,14-15,23-27,31H,2-7,10-13,16-22H2,1H3/t31-/m0/s1. The lowest BCUT2D eigenvalue weighted by molar-refractivity contribution is 0.0775. The van der Waals surface area contributed by atoms with Crippen LogP contribution in [0, 0.1) is 6.92 Å². The Labute approximate surface area is 256 Å². The first kappa shape index (κ1) is 29.6. The van der Waals surface area contributed by atoms with E-state index in [0.29, 0.717) is 0 Å². The Morgan fingerprint density at radius 1 is 0.860 bits per heavy atom. The number of carbonyl (C=O) groups excluding carboxylic acids is 1. The van der Waals surface area contributed by atoms with Crippen molar-refractivity contribution < 1.29 is 9.53 Å². The molecule has 2 fully saturated rings. The topological polar surface area (TPSA) is 61.3 Å². The van der Waals surface area contributed by atoms with E-state index in [4.69, 9.17) is 9.73 Å². The van der Waals surface area contributed by atoms with Gasteiger partial charge in [-0.2, -0.15) is 0 Å². The van der Waals surface area contributed by atoms with Gasteiger partial charge < -0.3 is 14.5 Å². The van der Waals surface area contributed by atoms with E-state index < -0.39 is 0 Å². The van der Waals surface area contributed by atoms with E-state index in [0.717, 1.165) is 97.7 Å². The molecular formula is C36H47N5O2. The summed E-state index contributed by atoms with van der Waals surface area (Å²) in [5.74, 6) is 2.16. The molecule has 1 amide bonds. The van der Waals surface area contributed by atoms with Crippen molar-refractivity contribution in [3.63, 3.8) is 0 Å². The molecule has 2 aromatic carbocycles. The number of hydrogen-bond acceptors (Lipinski definition) is 6. The molecule has 0 aliphatic carbocycles. The van der Waals surface area contributed by atoms with Crippen LogP contribution in [0.25, 0.3) is 10.8 Å². The van der Waals surface area contributed by atoms with Crippen LogP contribution in [0.3, 0.4) is 0 Å². The van der Waals surface area contributed by atoms with Crippen LogP contribution in [-0.4, -0.2) is 78.8 Å². The number of amides is 1. The normalized spacial score (nSPS) is 18.6. The van der Waals surface area contributed by atoms with Crippen molar-refractivity contribution in [2.24, 2.45) is 4.99 Å². The van der Waals surface area contributed by atoms with Gasteiger partial charge in [0.15, 0.2) is 0 Å². The predicted molar refractivity (Wildman–Crippen MR) is 176 cm³/mol. The largest absolute Gasteiger partial charge is 0.493 e. The molecule has 3 aliphatic heterocycles. The molecule has 43 heavy (non-hydrogen) atoms. The van der Waals surface area contributed by atoms with Gasteiger partial charge in [-0.25, -0.2) is 4.98 Å². The summed E-state index contributed by atoms with van der Waals surface area (Å²) in [7, 11) is 0. The molecule has 0 radical (unpaired) electrons. The van der Waals surface area contributed by atoms with Crippen molar-refractivity contribution >= 4 is 34.4 Å². The van der Waals surface area contributed by atoms with Crippen molar-refractivity contribution in [3.05, 3.63) is 59.8 Å². The zero-order valence-corrected chi connectivity index (χ0v) is 25.8. The molecule has 6 rings (SSSR count). The van der Waals surface area contributed by atoms with E-state index in [1.807, 2.05) is 29.4 Å². The average molecular weight is 582 g/mol. The van der Waals surface area contributed by atoms with Gasteiger partial charge in [-0.3, -0.25) is 14.7 Å². The number of aliphatic imine (C=N–C) groups is 1. The molecule has 7 nitrogen and oxygen atoms in total. The lowest BCUT2D eigenvalue weighted by Gasteiger charge is -2.35. The van der Waals surface area contributed by atoms with Crippen molar-refractivity contribution in [1.82, 2.24) is 14.8 Å². The molecule has 3 aliphatic rings. The number of aryl methyl sites for hydroxylation is 1. The average Bonchev–Trinajstić information content (AvgIpc) is 3.47. The Balaban J connectivity index is 0.847. The first-order valence-corrected chi connectivity index (χ1v) is 16.6. The lowest BCUT2D eigenvalue weighted by atomic mass is 10.0. The zero-order chi connectivity index (χ0) is 29.4. The number of pyridine rings is 1. The number of rotatable bonds is 13. The maximum atomic E-state index is 13.2. The highest BCUT2D eigenvalue weighted by atomic mass is 16.5. The Morgan fingerprint density at radius 2 is 1.63 bits per heavy atom. The summed E-state index contributed by atoms with van der Waals surface area (Å²) >= 11 is 0. The van der Waals surface area contributed by atoms with E-state index in [-0.39, 0.29) is 11.9 Å². The molecule has 1 atom stereocenters. The Morgan fingerprint density at radius 3 is 2.42 bits per heavy atom. The number of unbranched alkanes of at least 4 members (excludes halogenated alkanes) is 7. The van der Waals surface area contributed by atoms with Gasteiger partial charge in [0, 0.05) is 45.1 Å². The Kier molecular flexibility index (Phi) is 9.88. The third-order valence-electron chi connectivity index (χ3n) is 9.40. The van der Waals surface area contributed by atoms with Crippen LogP contribution in [0.2, 0.25) is 0 Å². The summed E-state index contributed by atoms with van der Waals surface area (Å²) < 4.78 is 6.22. The van der Waals surface area contributed by atoms with Crippen molar-refractivity contribution in [1.29, 1.82) is 0 Å². The van der Waals surface area contributed by atoms with Gasteiger partial charge in [0.2, 0.25) is 0 Å². The second-order valence-corrected chi connectivity index (χ2v) is 12.5. The molecule has 228 valence electrons. The minimum atomic E-state index is 0.112. The lowest BCUT2D eigenvalue weighted by Crippen LogP contribution is -2.46. The van der Waals surface area contributed by atoms with Gasteiger partial charge in [0.25, 0.3) is 5.91 Å². The third-order valence-corrected chi connectivity index (χ3v) is 9.40. The van der Waals surface area contributed by atoms with Gasteiger partial charge in [0.05, 0.1) is 23.9 Å². The van der Waals surface area contributed by atoms with Crippen LogP contribution in [-0.2, 0) is 0 Å². The minimum absolute atomic E-state index is 0.112. The number of fused-ring (bicyclic) bond motifs is 3. The predicted octanol–water partition coefficient (Wildman–Crippen LogP) is 7.19. The molecule has 4 heterocycles. The number of carbonyl (C=O) groups is 1. The zero-order valence-electron chi connectivity index (χ0n) is 25.8. The minimum Gasteiger partial charge on any atom is -0.493 e. The van der Waals surface area contributed by atoms with Crippen LogP contribution in [0.15, 0.2) is 53.7 Å². The highest BCUT2D eigenvalue weighted by molar-refractivity contribution is 6.06. The summed E-state index contributed by atoms with van der Waals surface area (Å²) in [6, 6.07) is 14.7. The van der Waals surface area contributed by atoms with Crippen LogP contribution in [0.5, 0.6) is 5.75 Å². The second-order valence-electron chi connectivity index (χ2n) is 12.5. The highest BCUT2D eigenvalue weighted by Gasteiger charge is 2.31. The first-order valence-electron chi connectivity index (χ1n) is 16.6. The van der Waals surface area contributed by atoms with Gasteiger partial charge in [-0.15, -0.1) is 0 Å². The van der Waals surface area contributed by atoms with Crippen LogP contribution >= 0.6 is 0 Å². The maximum Gasteiger partial charge on any atom is 0.256 e. The molecule has 0 spiro atoms. The number of anilines is 1. The van der Waals surface area contributed by atoms with Crippen molar-refractivity contribution in [2.75, 3.05) is 50.8 Å². The van der Waals surface area contributed by atoms with E-state index >= 15 is 0 Å². The number of aromatic nitrogens is 1. The monoisotopic (exact) mass is 581 g/mol. The summed E-state index contributed by atoms with van der Waals surface area (Å²) in [6.45, 7) is 9.36. The number of nitrogens with zero attached hydrogens (tertiary/aromatic N) is 5. The summed E-state index contributed by atoms with van der Waals surface area (Å²) in [6.07, 6.45) is 16.2. The fraction of sp³-hybridized carbons (Fsp3) is 0.528.